The second kappa shape index (κ2) is 1.88. The molecule has 1 aliphatic rings. The summed E-state index contributed by atoms with van der Waals surface area (Å²) in [6.07, 6.45) is 1.27. The first-order chi connectivity index (χ1) is 3.75. The van der Waals surface area contributed by atoms with Crippen molar-refractivity contribution in [2.24, 2.45) is 0 Å². The molecule has 1 heterocycles. The third-order valence-electron chi connectivity index (χ3n) is 1.34. The van der Waals surface area contributed by atoms with Crippen molar-refractivity contribution in [3.63, 3.8) is 0 Å². The summed E-state index contributed by atoms with van der Waals surface area (Å²) in [6, 6.07) is 0. The van der Waals surface area contributed by atoms with Gasteiger partial charge in [-0.1, -0.05) is 6.08 Å². The van der Waals surface area contributed by atoms with E-state index in [-0.39, 0.29) is 12.2 Å². The maximum Gasteiger partial charge on any atom is 0.113 e. The molecule has 1 N–H and O–H groups in total. The van der Waals surface area contributed by atoms with Gasteiger partial charge in [0, 0.05) is 0 Å². The molecule has 0 spiro atoms. The maximum atomic E-state index is 8.93. The van der Waals surface area contributed by atoms with E-state index in [2.05, 4.69) is 6.58 Å². The number of epoxide rings is 1. The highest BCUT2D eigenvalue weighted by atomic mass is 16.6. The van der Waals surface area contributed by atoms with Crippen LogP contribution in [0.3, 0.4) is 0 Å². The zero-order valence-electron chi connectivity index (χ0n) is 4.87. The van der Waals surface area contributed by atoms with Crippen LogP contribution in [-0.4, -0.2) is 23.4 Å². The predicted molar refractivity (Wildman–Crippen MR) is 30.5 cm³/mol. The molecule has 0 unspecified atom stereocenters. The molecule has 2 heteroatoms. The van der Waals surface area contributed by atoms with Crippen molar-refractivity contribution in [1.82, 2.24) is 0 Å². The molecule has 0 aromatic heterocycles. The average molecular weight is 114 g/mol. The van der Waals surface area contributed by atoms with Gasteiger partial charge in [0.15, 0.2) is 0 Å². The van der Waals surface area contributed by atoms with Crippen LogP contribution < -0.4 is 0 Å². The van der Waals surface area contributed by atoms with Crippen molar-refractivity contribution in [2.45, 2.75) is 25.2 Å². The Balaban J connectivity index is 2.27. The molecule has 0 saturated carbocycles. The number of rotatable bonds is 2. The highest BCUT2D eigenvalue weighted by Crippen LogP contribution is 2.24. The smallest absolute Gasteiger partial charge is 0.113 e. The lowest BCUT2D eigenvalue weighted by atomic mass is 10.2. The largest absolute Gasteiger partial charge is 0.386 e. The minimum Gasteiger partial charge on any atom is -0.386 e. The third kappa shape index (κ3) is 0.904. The highest BCUT2D eigenvalue weighted by molar-refractivity contribution is 4.95. The molecule has 1 aliphatic heterocycles. The second-order valence-corrected chi connectivity index (χ2v) is 2.03. The Kier molecular flexibility index (Phi) is 1.36. The van der Waals surface area contributed by atoms with E-state index in [0.717, 1.165) is 0 Å². The molecule has 1 saturated heterocycles. The molecule has 0 bridgehead atoms. The Hall–Kier alpha value is -0.340. The van der Waals surface area contributed by atoms with Gasteiger partial charge < -0.3 is 9.84 Å². The number of ether oxygens (including phenoxy) is 1. The fourth-order valence-corrected chi connectivity index (χ4v) is 0.695. The molecule has 1 fully saturated rings. The highest BCUT2D eigenvalue weighted by Gasteiger charge is 2.38. The van der Waals surface area contributed by atoms with Crippen LogP contribution in [0.25, 0.3) is 0 Å². The zero-order valence-corrected chi connectivity index (χ0v) is 4.87. The van der Waals surface area contributed by atoms with Crippen molar-refractivity contribution in [3.8, 4) is 0 Å². The van der Waals surface area contributed by atoms with E-state index in [0.29, 0.717) is 0 Å². The summed E-state index contributed by atoms with van der Waals surface area (Å²) in [4.78, 5) is 0. The summed E-state index contributed by atoms with van der Waals surface area (Å²) in [5, 5.41) is 8.93. The molecular formula is C6H10O2. The van der Waals surface area contributed by atoms with Gasteiger partial charge in [-0.2, -0.15) is 0 Å². The summed E-state index contributed by atoms with van der Waals surface area (Å²) in [5.41, 5.74) is 0. The standard InChI is InChI=1S/C6H10O2/c1-3-5(7)6-4(2)8-6/h3-7H,1H2,2H3/t4-,5-,6+/m0/s1. The summed E-state index contributed by atoms with van der Waals surface area (Å²) >= 11 is 0. The van der Waals surface area contributed by atoms with Crippen molar-refractivity contribution < 1.29 is 9.84 Å². The molecule has 0 amide bonds. The van der Waals surface area contributed by atoms with Gasteiger partial charge in [0.25, 0.3) is 0 Å². The second-order valence-electron chi connectivity index (χ2n) is 2.03. The van der Waals surface area contributed by atoms with Crippen molar-refractivity contribution in [3.05, 3.63) is 12.7 Å². The van der Waals surface area contributed by atoms with E-state index >= 15 is 0 Å². The van der Waals surface area contributed by atoms with E-state index in [4.69, 9.17) is 9.84 Å². The minimum absolute atomic E-state index is 0.0208. The lowest BCUT2D eigenvalue weighted by molar-refractivity contribution is 0.178. The van der Waals surface area contributed by atoms with E-state index in [1.165, 1.54) is 6.08 Å². The first-order valence-electron chi connectivity index (χ1n) is 2.72. The molecule has 8 heavy (non-hydrogen) atoms. The SMILES string of the molecule is C=C[C@H](O)[C@@H]1O[C@H]1C. The molecule has 3 atom stereocenters. The first kappa shape index (κ1) is 5.79. The first-order valence-corrected chi connectivity index (χ1v) is 2.72. The molecule has 0 aromatic rings. The maximum absolute atomic E-state index is 8.93. The van der Waals surface area contributed by atoms with Crippen LogP contribution in [0.4, 0.5) is 0 Å². The minimum atomic E-state index is -0.468. The quantitative estimate of drug-likeness (QED) is 0.414. The summed E-state index contributed by atoms with van der Waals surface area (Å²) in [5.74, 6) is 0. The van der Waals surface area contributed by atoms with Gasteiger partial charge in [-0.3, -0.25) is 0 Å². The van der Waals surface area contributed by atoms with E-state index in [1.54, 1.807) is 0 Å². The van der Waals surface area contributed by atoms with Gasteiger partial charge in [-0.15, -0.1) is 6.58 Å². The summed E-state index contributed by atoms with van der Waals surface area (Å²) in [7, 11) is 0. The van der Waals surface area contributed by atoms with Gasteiger partial charge in [0.1, 0.15) is 12.2 Å². The molecule has 1 rings (SSSR count). The Morgan fingerprint density at radius 2 is 2.38 bits per heavy atom. The van der Waals surface area contributed by atoms with Crippen LogP contribution >= 0.6 is 0 Å². The Morgan fingerprint density at radius 3 is 2.50 bits per heavy atom. The topological polar surface area (TPSA) is 32.8 Å². The van der Waals surface area contributed by atoms with Crippen LogP contribution in [0.1, 0.15) is 6.92 Å². The predicted octanol–water partition coefficient (Wildman–Crippen LogP) is 0.321. The zero-order chi connectivity index (χ0) is 6.15. The fourth-order valence-electron chi connectivity index (χ4n) is 0.695. The molecule has 2 nitrogen and oxygen atoms in total. The van der Waals surface area contributed by atoms with E-state index < -0.39 is 6.10 Å². The average Bonchev–Trinajstić information content (AvgIpc) is 2.45. The Bertz CT molecular complexity index is 101. The van der Waals surface area contributed by atoms with Gasteiger partial charge in [-0.25, -0.2) is 0 Å². The van der Waals surface area contributed by atoms with Gasteiger partial charge in [0.05, 0.1) is 6.10 Å². The third-order valence-corrected chi connectivity index (χ3v) is 1.34. The number of aliphatic hydroxyl groups excluding tert-OH is 1. The molecule has 0 aliphatic carbocycles. The van der Waals surface area contributed by atoms with Crippen LogP contribution in [0, 0.1) is 0 Å². The lowest BCUT2D eigenvalue weighted by Gasteiger charge is -1.95. The van der Waals surface area contributed by atoms with Crippen LogP contribution in [-0.2, 0) is 4.74 Å². The van der Waals surface area contributed by atoms with Crippen molar-refractivity contribution >= 4 is 0 Å². The normalized spacial score (nSPS) is 38.8. The summed E-state index contributed by atoms with van der Waals surface area (Å²) in [6.45, 7) is 5.35. The van der Waals surface area contributed by atoms with Crippen LogP contribution in [0.5, 0.6) is 0 Å². The number of hydrogen-bond donors (Lipinski definition) is 1. The number of aliphatic hydroxyl groups is 1. The fraction of sp³-hybridized carbons (Fsp3) is 0.667. The summed E-state index contributed by atoms with van der Waals surface area (Å²) < 4.78 is 4.95. The number of hydrogen-bond acceptors (Lipinski definition) is 2. The van der Waals surface area contributed by atoms with Gasteiger partial charge in [-0.05, 0) is 6.92 Å². The van der Waals surface area contributed by atoms with E-state index in [1.807, 2.05) is 6.92 Å². The Morgan fingerprint density at radius 1 is 1.88 bits per heavy atom. The monoisotopic (exact) mass is 114 g/mol. The van der Waals surface area contributed by atoms with Crippen molar-refractivity contribution in [1.29, 1.82) is 0 Å². The molecule has 0 aromatic carbocycles. The van der Waals surface area contributed by atoms with Crippen molar-refractivity contribution in [2.75, 3.05) is 0 Å². The van der Waals surface area contributed by atoms with E-state index in [9.17, 15) is 0 Å². The van der Waals surface area contributed by atoms with Crippen LogP contribution in [0.15, 0.2) is 12.7 Å². The van der Waals surface area contributed by atoms with Gasteiger partial charge in [0.2, 0.25) is 0 Å². The lowest BCUT2D eigenvalue weighted by Crippen LogP contribution is -2.11. The molecular weight excluding hydrogens is 104 g/mol. The van der Waals surface area contributed by atoms with Gasteiger partial charge >= 0.3 is 0 Å². The molecule has 0 radical (unpaired) electrons. The van der Waals surface area contributed by atoms with Crippen LogP contribution in [0.2, 0.25) is 0 Å². The molecule has 46 valence electrons. The Labute approximate surface area is 48.8 Å².